The Kier molecular flexibility index (Phi) is 10.2. The summed E-state index contributed by atoms with van der Waals surface area (Å²) in [5, 5.41) is 0. The Morgan fingerprint density at radius 2 is 1.21 bits per heavy atom. The highest BCUT2D eigenvalue weighted by Crippen LogP contribution is 2.32. The number of carbonyl (C=O) groups is 3. The predicted molar refractivity (Wildman–Crippen MR) is 127 cm³/mol. The van der Waals surface area contributed by atoms with Crippen molar-refractivity contribution in [2.24, 2.45) is 5.41 Å². The minimum absolute atomic E-state index is 0.199. The lowest BCUT2D eigenvalue weighted by Crippen LogP contribution is -2.32. The molecule has 34 heavy (non-hydrogen) atoms. The van der Waals surface area contributed by atoms with Crippen molar-refractivity contribution in [2.45, 2.75) is 71.4 Å². The van der Waals surface area contributed by atoms with Crippen LogP contribution < -0.4 is 0 Å². The van der Waals surface area contributed by atoms with E-state index in [4.69, 9.17) is 14.2 Å². The van der Waals surface area contributed by atoms with Crippen LogP contribution in [0.3, 0.4) is 0 Å². The summed E-state index contributed by atoms with van der Waals surface area (Å²) < 4.78 is 16.6. The molecule has 4 atom stereocenters. The molecule has 0 aromatic heterocycles. The summed E-state index contributed by atoms with van der Waals surface area (Å²) >= 11 is 0. The molecule has 0 aromatic carbocycles. The Morgan fingerprint density at radius 1 is 0.765 bits per heavy atom. The lowest BCUT2D eigenvalue weighted by atomic mass is 9.80. The van der Waals surface area contributed by atoms with Crippen LogP contribution in [0.1, 0.15) is 59.3 Å². The van der Waals surface area contributed by atoms with E-state index in [-0.39, 0.29) is 43.1 Å². The van der Waals surface area contributed by atoms with Gasteiger partial charge in [-0.05, 0) is 33.1 Å². The zero-order valence-corrected chi connectivity index (χ0v) is 21.3. The minimum Gasteiger partial charge on any atom is -0.466 e. The maximum absolute atomic E-state index is 12.2. The molecule has 4 unspecified atom stereocenters. The molecule has 9 heteroatoms. The van der Waals surface area contributed by atoms with Gasteiger partial charge in [-0.25, -0.2) is 0 Å². The molecular formula is C25H43N3O6. The maximum atomic E-state index is 12.2. The zero-order valence-electron chi connectivity index (χ0n) is 21.3. The number of hydrogen-bond donors (Lipinski definition) is 0. The van der Waals surface area contributed by atoms with Crippen molar-refractivity contribution in [3.63, 3.8) is 0 Å². The molecule has 3 aliphatic heterocycles. The van der Waals surface area contributed by atoms with Crippen LogP contribution in [0.4, 0.5) is 0 Å². The highest BCUT2D eigenvalue weighted by molar-refractivity contribution is 5.70. The van der Waals surface area contributed by atoms with Gasteiger partial charge in [0.2, 0.25) is 0 Å². The van der Waals surface area contributed by atoms with Crippen molar-refractivity contribution < 1.29 is 28.6 Å². The van der Waals surface area contributed by atoms with E-state index in [0.717, 1.165) is 52.2 Å². The molecule has 3 heterocycles. The van der Waals surface area contributed by atoms with E-state index in [1.54, 1.807) is 0 Å². The van der Waals surface area contributed by atoms with E-state index in [1.165, 1.54) is 0 Å². The van der Waals surface area contributed by atoms with Crippen LogP contribution >= 0.6 is 0 Å². The summed E-state index contributed by atoms with van der Waals surface area (Å²) in [7, 11) is 0. The highest BCUT2D eigenvalue weighted by atomic mass is 16.5. The summed E-state index contributed by atoms with van der Waals surface area (Å²) in [5.74, 6) is -0.607. The van der Waals surface area contributed by atoms with Crippen molar-refractivity contribution in [3.05, 3.63) is 0 Å². The second-order valence-corrected chi connectivity index (χ2v) is 10.2. The summed E-state index contributed by atoms with van der Waals surface area (Å²) in [6.07, 6.45) is 3.03. The first kappa shape index (κ1) is 26.9. The third kappa shape index (κ3) is 9.88. The molecule has 0 saturated carbocycles. The molecule has 3 rings (SSSR count). The van der Waals surface area contributed by atoms with E-state index in [0.29, 0.717) is 44.2 Å². The Labute approximate surface area is 204 Å². The van der Waals surface area contributed by atoms with E-state index in [1.807, 2.05) is 6.92 Å². The van der Waals surface area contributed by atoms with Crippen molar-refractivity contribution in [3.8, 4) is 0 Å². The van der Waals surface area contributed by atoms with Crippen LogP contribution in [-0.2, 0) is 28.6 Å². The first-order chi connectivity index (χ1) is 16.3. The monoisotopic (exact) mass is 481 g/mol. The summed E-state index contributed by atoms with van der Waals surface area (Å²) in [4.78, 5) is 43.1. The third-order valence-electron chi connectivity index (χ3n) is 7.44. The molecule has 0 spiro atoms. The smallest absolute Gasteiger partial charge is 0.307 e. The molecule has 0 amide bonds. The molecule has 9 nitrogen and oxygen atoms in total. The van der Waals surface area contributed by atoms with Crippen molar-refractivity contribution in [1.82, 2.24) is 14.7 Å². The fourth-order valence-corrected chi connectivity index (χ4v) is 4.16. The number of nitrogens with zero attached hydrogens (tertiary/aromatic N) is 3. The zero-order chi connectivity index (χ0) is 24.6. The van der Waals surface area contributed by atoms with E-state index in [2.05, 4.69) is 28.5 Å². The molecule has 0 bridgehead atoms. The van der Waals surface area contributed by atoms with Crippen molar-refractivity contribution in [2.75, 3.05) is 65.6 Å². The van der Waals surface area contributed by atoms with Gasteiger partial charge in [-0.3, -0.25) is 24.2 Å². The number of carbonyl (C=O) groups excluding carboxylic acids is 3. The standard InChI is InChI=1S/C25H43N3O6/c1-4-25(19-34-24(31)5-10-26-13-14-26,8-15-32-22(29)6-11-27-17-20(27)2)9-16-33-23(30)7-12-28-18-21(28)3/h20-21H,4-19H2,1-3H3. The Balaban J connectivity index is 1.41. The largest absolute Gasteiger partial charge is 0.466 e. The van der Waals surface area contributed by atoms with Crippen molar-refractivity contribution in [1.29, 1.82) is 0 Å². The number of esters is 3. The molecule has 0 radical (unpaired) electrons. The van der Waals surface area contributed by atoms with Crippen LogP contribution in [0, 0.1) is 5.41 Å². The second-order valence-electron chi connectivity index (χ2n) is 10.2. The summed E-state index contributed by atoms with van der Waals surface area (Å²) in [6, 6.07) is 1.14. The fourth-order valence-electron chi connectivity index (χ4n) is 4.16. The van der Waals surface area contributed by atoms with Gasteiger partial charge in [-0.15, -0.1) is 0 Å². The van der Waals surface area contributed by atoms with Gasteiger partial charge in [-0.1, -0.05) is 6.92 Å². The molecule has 0 N–H and O–H groups in total. The van der Waals surface area contributed by atoms with Gasteiger partial charge in [-0.2, -0.15) is 0 Å². The molecular weight excluding hydrogens is 438 g/mol. The van der Waals surface area contributed by atoms with Gasteiger partial charge >= 0.3 is 17.9 Å². The fraction of sp³-hybridized carbons (Fsp3) is 0.880. The van der Waals surface area contributed by atoms with E-state index >= 15 is 0 Å². The van der Waals surface area contributed by atoms with Gasteiger partial charge in [0.05, 0.1) is 39.1 Å². The van der Waals surface area contributed by atoms with Gasteiger partial charge in [0.25, 0.3) is 0 Å². The first-order valence-electron chi connectivity index (χ1n) is 13.0. The SMILES string of the molecule is CCC(CCOC(=O)CCN1CC1C)(CCOC(=O)CCN1CC1C)COC(=O)CCN1CC1. The van der Waals surface area contributed by atoms with E-state index < -0.39 is 0 Å². The lowest BCUT2D eigenvalue weighted by molar-refractivity contribution is -0.153. The highest BCUT2D eigenvalue weighted by Gasteiger charge is 2.33. The first-order valence-corrected chi connectivity index (χ1v) is 13.0. The molecule has 3 saturated heterocycles. The summed E-state index contributed by atoms with van der Waals surface area (Å²) in [5.41, 5.74) is -0.390. The second kappa shape index (κ2) is 12.8. The Bertz CT molecular complexity index is 660. The number of hydrogen-bond acceptors (Lipinski definition) is 9. The van der Waals surface area contributed by atoms with Crippen molar-refractivity contribution >= 4 is 17.9 Å². The molecule has 3 aliphatic rings. The van der Waals surface area contributed by atoms with Gasteiger partial charge < -0.3 is 19.1 Å². The Morgan fingerprint density at radius 3 is 1.62 bits per heavy atom. The van der Waals surface area contributed by atoms with Crippen LogP contribution in [0.15, 0.2) is 0 Å². The van der Waals surface area contributed by atoms with Gasteiger partial charge in [0.1, 0.15) is 0 Å². The molecule has 0 aliphatic carbocycles. The molecule has 0 aromatic rings. The van der Waals surface area contributed by atoms with Gasteiger partial charge in [0.15, 0.2) is 0 Å². The van der Waals surface area contributed by atoms with Crippen LogP contribution in [-0.4, -0.2) is 110 Å². The summed E-state index contributed by atoms with van der Waals surface area (Å²) in [6.45, 7) is 13.5. The minimum atomic E-state index is -0.390. The normalized spacial score (nSPS) is 26.9. The quantitative estimate of drug-likeness (QED) is 0.165. The predicted octanol–water partition coefficient (Wildman–Crippen LogP) is 1.69. The van der Waals surface area contributed by atoms with Crippen LogP contribution in [0.5, 0.6) is 0 Å². The van der Waals surface area contributed by atoms with Gasteiger partial charge in [0, 0.05) is 63.3 Å². The lowest BCUT2D eigenvalue weighted by Gasteiger charge is -2.32. The average Bonchev–Trinajstić information content (AvgIpc) is 3.71. The van der Waals surface area contributed by atoms with Crippen LogP contribution in [0.25, 0.3) is 0 Å². The third-order valence-corrected chi connectivity index (χ3v) is 7.44. The Hall–Kier alpha value is -1.71. The molecule has 194 valence electrons. The number of rotatable bonds is 18. The van der Waals surface area contributed by atoms with Crippen LogP contribution in [0.2, 0.25) is 0 Å². The van der Waals surface area contributed by atoms with E-state index in [9.17, 15) is 14.4 Å². The maximum Gasteiger partial charge on any atom is 0.307 e. The average molecular weight is 482 g/mol. The molecule has 3 fully saturated rings. The topological polar surface area (TPSA) is 87.9 Å². The number of ether oxygens (including phenoxy) is 3.